The molecule has 1 unspecified atom stereocenters. The van der Waals surface area contributed by atoms with E-state index in [9.17, 15) is 0 Å². The van der Waals surface area contributed by atoms with Gasteiger partial charge in [0.2, 0.25) is 0 Å². The van der Waals surface area contributed by atoms with Crippen molar-refractivity contribution >= 4 is 5.69 Å². The Kier molecular flexibility index (Phi) is 5.61. The molecule has 2 aromatic rings. The second kappa shape index (κ2) is 8.28. The monoisotopic (exact) mass is 353 g/mol. The number of nitrogens with zero attached hydrogens (tertiary/aromatic N) is 3. The van der Waals surface area contributed by atoms with Crippen molar-refractivity contribution in [1.82, 2.24) is 9.80 Å². The van der Waals surface area contributed by atoms with E-state index in [1.807, 2.05) is 0 Å². The number of piperazine rings is 1. The zero-order chi connectivity index (χ0) is 17.8. The van der Waals surface area contributed by atoms with E-state index in [4.69, 9.17) is 4.42 Å². The fraction of sp³-hybridized carbons (Fsp3) is 0.545. The van der Waals surface area contributed by atoms with Crippen LogP contribution in [-0.2, 0) is 13.0 Å². The molecule has 1 aromatic heterocycles. The SMILES string of the molecule is CCc1ccc(CN2CCCC(N3CCN(c4ccccc4)CC3)C2)o1. The molecular weight excluding hydrogens is 322 g/mol. The van der Waals surface area contributed by atoms with Crippen LogP contribution in [-0.4, -0.2) is 55.1 Å². The Bertz CT molecular complexity index is 676. The fourth-order valence-corrected chi connectivity index (χ4v) is 4.37. The average Bonchev–Trinajstić information content (AvgIpc) is 3.16. The highest BCUT2D eigenvalue weighted by molar-refractivity contribution is 5.46. The number of likely N-dealkylation sites (tertiary alicyclic amines) is 1. The van der Waals surface area contributed by atoms with Gasteiger partial charge in [0, 0.05) is 50.9 Å². The summed E-state index contributed by atoms with van der Waals surface area (Å²) < 4.78 is 5.92. The third kappa shape index (κ3) is 4.13. The Morgan fingerprint density at radius 3 is 2.42 bits per heavy atom. The number of piperidine rings is 1. The van der Waals surface area contributed by atoms with Gasteiger partial charge in [-0.05, 0) is 43.7 Å². The van der Waals surface area contributed by atoms with Crippen LogP contribution in [0.3, 0.4) is 0 Å². The number of para-hydroxylation sites is 1. The van der Waals surface area contributed by atoms with E-state index in [-0.39, 0.29) is 0 Å². The lowest BCUT2D eigenvalue weighted by Crippen LogP contribution is -2.55. The van der Waals surface area contributed by atoms with Crippen LogP contribution in [0, 0.1) is 0 Å². The highest BCUT2D eigenvalue weighted by Gasteiger charge is 2.28. The molecule has 0 amide bonds. The minimum absolute atomic E-state index is 0.697. The van der Waals surface area contributed by atoms with Crippen molar-refractivity contribution in [1.29, 1.82) is 0 Å². The predicted octanol–water partition coefficient (Wildman–Crippen LogP) is 3.63. The van der Waals surface area contributed by atoms with Crippen LogP contribution in [0.4, 0.5) is 5.69 Å². The lowest BCUT2D eigenvalue weighted by molar-refractivity contribution is 0.0847. The number of aryl methyl sites for hydroxylation is 1. The Morgan fingerprint density at radius 1 is 0.923 bits per heavy atom. The number of benzene rings is 1. The molecule has 0 saturated carbocycles. The first-order valence-corrected chi connectivity index (χ1v) is 10.2. The van der Waals surface area contributed by atoms with E-state index in [2.05, 4.69) is 64.1 Å². The number of hydrogen-bond acceptors (Lipinski definition) is 4. The highest BCUT2D eigenvalue weighted by atomic mass is 16.3. The van der Waals surface area contributed by atoms with Gasteiger partial charge in [-0.25, -0.2) is 0 Å². The summed E-state index contributed by atoms with van der Waals surface area (Å²) in [4.78, 5) is 7.81. The summed E-state index contributed by atoms with van der Waals surface area (Å²) >= 11 is 0. The van der Waals surface area contributed by atoms with Crippen molar-refractivity contribution < 1.29 is 4.42 Å². The summed E-state index contributed by atoms with van der Waals surface area (Å²) in [5, 5.41) is 0. The Morgan fingerprint density at radius 2 is 1.69 bits per heavy atom. The standard InChI is InChI=1S/C22H31N3O/c1-2-21-10-11-22(26-21)18-23-12-6-9-20(17-23)25-15-13-24(14-16-25)19-7-4-3-5-8-19/h3-5,7-8,10-11,20H,2,6,9,12-18H2,1H3. The molecule has 4 rings (SSSR count). The van der Waals surface area contributed by atoms with Crippen molar-refractivity contribution in [2.45, 2.75) is 38.8 Å². The molecule has 1 aromatic carbocycles. The van der Waals surface area contributed by atoms with Crippen molar-refractivity contribution in [3.8, 4) is 0 Å². The van der Waals surface area contributed by atoms with Crippen LogP contribution in [0.15, 0.2) is 46.9 Å². The molecule has 0 bridgehead atoms. The Hall–Kier alpha value is -1.78. The van der Waals surface area contributed by atoms with E-state index in [1.165, 1.54) is 44.7 Å². The minimum Gasteiger partial charge on any atom is -0.465 e. The van der Waals surface area contributed by atoms with Crippen molar-refractivity contribution in [3.63, 3.8) is 0 Å². The van der Waals surface area contributed by atoms with Gasteiger partial charge in [0.15, 0.2) is 0 Å². The minimum atomic E-state index is 0.697. The molecule has 0 radical (unpaired) electrons. The van der Waals surface area contributed by atoms with Gasteiger partial charge in [-0.1, -0.05) is 25.1 Å². The zero-order valence-electron chi connectivity index (χ0n) is 15.9. The van der Waals surface area contributed by atoms with Crippen LogP contribution >= 0.6 is 0 Å². The summed E-state index contributed by atoms with van der Waals surface area (Å²) in [6.45, 7) is 10.1. The molecule has 0 N–H and O–H groups in total. The molecule has 4 heteroatoms. The maximum absolute atomic E-state index is 5.92. The normalized spacial score (nSPS) is 22.7. The van der Waals surface area contributed by atoms with E-state index in [1.54, 1.807) is 0 Å². The third-order valence-corrected chi connectivity index (χ3v) is 5.88. The maximum Gasteiger partial charge on any atom is 0.118 e. The summed E-state index contributed by atoms with van der Waals surface area (Å²) in [5.74, 6) is 2.22. The van der Waals surface area contributed by atoms with E-state index in [0.29, 0.717) is 6.04 Å². The first-order valence-electron chi connectivity index (χ1n) is 10.2. The number of rotatable bonds is 5. The van der Waals surface area contributed by atoms with E-state index < -0.39 is 0 Å². The number of hydrogen-bond donors (Lipinski definition) is 0. The van der Waals surface area contributed by atoms with Gasteiger partial charge in [-0.3, -0.25) is 9.80 Å². The van der Waals surface area contributed by atoms with Crippen LogP contribution in [0.2, 0.25) is 0 Å². The smallest absolute Gasteiger partial charge is 0.118 e. The Labute approximate surface area is 157 Å². The van der Waals surface area contributed by atoms with Gasteiger partial charge in [0.1, 0.15) is 11.5 Å². The molecular formula is C22H31N3O. The maximum atomic E-state index is 5.92. The molecule has 1 atom stereocenters. The lowest BCUT2D eigenvalue weighted by atomic mass is 10.0. The van der Waals surface area contributed by atoms with Crippen LogP contribution < -0.4 is 4.90 Å². The molecule has 3 heterocycles. The van der Waals surface area contributed by atoms with Crippen molar-refractivity contribution in [2.75, 3.05) is 44.2 Å². The van der Waals surface area contributed by atoms with Gasteiger partial charge in [-0.2, -0.15) is 0 Å². The molecule has 140 valence electrons. The first-order chi connectivity index (χ1) is 12.8. The third-order valence-electron chi connectivity index (χ3n) is 5.88. The second-order valence-corrected chi connectivity index (χ2v) is 7.61. The van der Waals surface area contributed by atoms with Crippen LogP contribution in [0.25, 0.3) is 0 Å². The molecule has 0 spiro atoms. The van der Waals surface area contributed by atoms with Crippen LogP contribution in [0.5, 0.6) is 0 Å². The molecule has 4 nitrogen and oxygen atoms in total. The van der Waals surface area contributed by atoms with Gasteiger partial charge in [0.05, 0.1) is 6.54 Å². The zero-order valence-corrected chi connectivity index (χ0v) is 15.9. The largest absolute Gasteiger partial charge is 0.465 e. The number of furan rings is 1. The van der Waals surface area contributed by atoms with Crippen molar-refractivity contribution in [2.24, 2.45) is 0 Å². The van der Waals surface area contributed by atoms with Gasteiger partial charge in [0.25, 0.3) is 0 Å². The van der Waals surface area contributed by atoms with Gasteiger partial charge in [-0.15, -0.1) is 0 Å². The van der Waals surface area contributed by atoms with Crippen molar-refractivity contribution in [3.05, 3.63) is 54.0 Å². The molecule has 2 fully saturated rings. The lowest BCUT2D eigenvalue weighted by Gasteiger charge is -2.43. The highest BCUT2D eigenvalue weighted by Crippen LogP contribution is 2.22. The summed E-state index contributed by atoms with van der Waals surface area (Å²) in [6, 6.07) is 15.8. The summed E-state index contributed by atoms with van der Waals surface area (Å²) in [7, 11) is 0. The predicted molar refractivity (Wildman–Crippen MR) is 107 cm³/mol. The summed E-state index contributed by atoms with van der Waals surface area (Å²) in [5.41, 5.74) is 1.36. The number of anilines is 1. The Balaban J connectivity index is 1.29. The molecule has 2 saturated heterocycles. The average molecular weight is 354 g/mol. The molecule has 2 aliphatic heterocycles. The van der Waals surface area contributed by atoms with Gasteiger partial charge < -0.3 is 9.32 Å². The quantitative estimate of drug-likeness (QED) is 0.819. The second-order valence-electron chi connectivity index (χ2n) is 7.61. The fourth-order valence-electron chi connectivity index (χ4n) is 4.37. The molecule has 26 heavy (non-hydrogen) atoms. The van der Waals surface area contributed by atoms with E-state index >= 15 is 0 Å². The summed E-state index contributed by atoms with van der Waals surface area (Å²) in [6.07, 6.45) is 3.61. The van der Waals surface area contributed by atoms with E-state index in [0.717, 1.165) is 37.6 Å². The first kappa shape index (κ1) is 17.6. The topological polar surface area (TPSA) is 22.9 Å². The molecule has 0 aliphatic carbocycles. The van der Waals surface area contributed by atoms with Crippen LogP contribution in [0.1, 0.15) is 31.3 Å². The van der Waals surface area contributed by atoms with Gasteiger partial charge >= 0.3 is 0 Å². The molecule has 2 aliphatic rings.